The van der Waals surface area contributed by atoms with Crippen LogP contribution in [0.4, 0.5) is 23.5 Å². The van der Waals surface area contributed by atoms with Crippen molar-refractivity contribution < 1.29 is 17.6 Å². The molecule has 3 N–H and O–H groups in total. The van der Waals surface area contributed by atoms with Crippen molar-refractivity contribution in [2.75, 3.05) is 5.73 Å². The Balaban J connectivity index is 2.00. The van der Waals surface area contributed by atoms with Crippen LogP contribution in [0.3, 0.4) is 0 Å². The maximum atomic E-state index is 14.4. The lowest BCUT2D eigenvalue weighted by atomic mass is 10.1. The van der Waals surface area contributed by atoms with Crippen LogP contribution in [-0.2, 0) is 12.6 Å². The second kappa shape index (κ2) is 6.75. The van der Waals surface area contributed by atoms with Crippen LogP contribution in [-0.4, -0.2) is 15.2 Å². The summed E-state index contributed by atoms with van der Waals surface area (Å²) >= 11 is 0.736. The zero-order valence-corrected chi connectivity index (χ0v) is 13.5. The van der Waals surface area contributed by atoms with Crippen LogP contribution in [0.1, 0.15) is 17.0 Å². The fourth-order valence-corrected chi connectivity index (χ4v) is 3.22. The number of aromatic amines is 1. The maximum Gasteiger partial charge on any atom is 0.417 e. The predicted octanol–water partition coefficient (Wildman–Crippen LogP) is 4.29. The number of nitrogens with two attached hydrogens (primary N) is 1. The minimum Gasteiger partial charge on any atom is -0.367 e. The Morgan fingerprint density at radius 3 is 2.44 bits per heavy atom. The van der Waals surface area contributed by atoms with Gasteiger partial charge in [-0.25, -0.2) is 4.39 Å². The van der Waals surface area contributed by atoms with Crippen LogP contribution < -0.4 is 5.73 Å². The average molecular weight is 368 g/mol. The highest BCUT2D eigenvalue weighted by Gasteiger charge is 2.35. The molecule has 1 aromatic heterocycles. The first-order chi connectivity index (χ1) is 11.8. The fourth-order valence-electron chi connectivity index (χ4n) is 2.25. The molecule has 0 fully saturated rings. The molecule has 0 saturated heterocycles. The number of hydrogen-bond donors (Lipinski definition) is 2. The minimum absolute atomic E-state index is 0.0252. The highest BCUT2D eigenvalue weighted by atomic mass is 32.2. The standard InChI is InChI=1S/C16H12F4N4S/c17-12-7-9(8-13-22-15(21)24-23-13)6-11(16(18,19)20)14(12)25-10-4-2-1-3-5-10/h1-7H,8H2,(H3,21,22,23,24). The summed E-state index contributed by atoms with van der Waals surface area (Å²) in [6.07, 6.45) is -4.73. The van der Waals surface area contributed by atoms with Crippen molar-refractivity contribution in [1.29, 1.82) is 0 Å². The third-order valence-electron chi connectivity index (χ3n) is 3.29. The normalized spacial score (nSPS) is 11.7. The largest absolute Gasteiger partial charge is 0.417 e. The van der Waals surface area contributed by atoms with Gasteiger partial charge in [-0.1, -0.05) is 30.0 Å². The molecule has 0 aliphatic heterocycles. The Labute approximate surface area is 144 Å². The van der Waals surface area contributed by atoms with Crippen LogP contribution in [0.5, 0.6) is 0 Å². The van der Waals surface area contributed by atoms with E-state index in [2.05, 4.69) is 15.2 Å². The van der Waals surface area contributed by atoms with Gasteiger partial charge >= 0.3 is 6.18 Å². The first-order valence-corrected chi connectivity index (χ1v) is 7.94. The van der Waals surface area contributed by atoms with Crippen molar-refractivity contribution >= 4 is 17.7 Å². The van der Waals surface area contributed by atoms with Crippen molar-refractivity contribution in [1.82, 2.24) is 15.2 Å². The molecular formula is C16H12F4N4S. The highest BCUT2D eigenvalue weighted by molar-refractivity contribution is 7.99. The van der Waals surface area contributed by atoms with Crippen molar-refractivity contribution in [3.63, 3.8) is 0 Å². The summed E-state index contributed by atoms with van der Waals surface area (Å²) in [5, 5.41) is 6.09. The second-order valence-corrected chi connectivity index (χ2v) is 6.27. The van der Waals surface area contributed by atoms with Crippen LogP contribution in [0, 0.1) is 5.82 Å². The van der Waals surface area contributed by atoms with E-state index >= 15 is 0 Å². The predicted molar refractivity (Wildman–Crippen MR) is 85.6 cm³/mol. The smallest absolute Gasteiger partial charge is 0.367 e. The van der Waals surface area contributed by atoms with Crippen molar-refractivity contribution in [2.45, 2.75) is 22.4 Å². The molecule has 0 amide bonds. The van der Waals surface area contributed by atoms with E-state index in [0.717, 1.165) is 23.9 Å². The third kappa shape index (κ3) is 4.11. The summed E-state index contributed by atoms with van der Waals surface area (Å²) in [7, 11) is 0. The molecule has 4 nitrogen and oxygen atoms in total. The van der Waals surface area contributed by atoms with Gasteiger partial charge in [-0.15, -0.1) is 5.10 Å². The molecule has 2 aromatic carbocycles. The summed E-state index contributed by atoms with van der Waals surface area (Å²) in [6.45, 7) is 0. The number of nitrogens with one attached hydrogen (secondary N) is 1. The first kappa shape index (κ1) is 17.3. The topological polar surface area (TPSA) is 67.6 Å². The van der Waals surface area contributed by atoms with Crippen LogP contribution >= 0.6 is 11.8 Å². The van der Waals surface area contributed by atoms with E-state index in [4.69, 9.17) is 5.73 Å². The lowest BCUT2D eigenvalue weighted by Gasteiger charge is -2.15. The Hall–Kier alpha value is -2.55. The lowest BCUT2D eigenvalue weighted by molar-refractivity contribution is -0.140. The molecule has 0 radical (unpaired) electrons. The van der Waals surface area contributed by atoms with Gasteiger partial charge in [0.1, 0.15) is 11.6 Å². The lowest BCUT2D eigenvalue weighted by Crippen LogP contribution is -2.10. The zero-order valence-electron chi connectivity index (χ0n) is 12.6. The highest BCUT2D eigenvalue weighted by Crippen LogP contribution is 2.41. The van der Waals surface area contributed by atoms with Gasteiger partial charge in [0, 0.05) is 11.3 Å². The number of halogens is 4. The number of hydrogen-bond acceptors (Lipinski definition) is 4. The Morgan fingerprint density at radius 2 is 1.84 bits per heavy atom. The average Bonchev–Trinajstić information content (AvgIpc) is 2.94. The molecular weight excluding hydrogens is 356 g/mol. The number of benzene rings is 2. The van der Waals surface area contributed by atoms with E-state index in [-0.39, 0.29) is 23.8 Å². The quantitative estimate of drug-likeness (QED) is 0.675. The number of rotatable bonds is 4. The Kier molecular flexibility index (Phi) is 4.67. The van der Waals surface area contributed by atoms with Crippen LogP contribution in [0.15, 0.2) is 52.3 Å². The second-order valence-electron chi connectivity index (χ2n) is 5.18. The Morgan fingerprint density at radius 1 is 1.12 bits per heavy atom. The van der Waals surface area contributed by atoms with E-state index < -0.39 is 22.5 Å². The van der Waals surface area contributed by atoms with Crippen LogP contribution in [0.25, 0.3) is 0 Å². The van der Waals surface area contributed by atoms with Crippen LogP contribution in [0.2, 0.25) is 0 Å². The molecule has 25 heavy (non-hydrogen) atoms. The summed E-state index contributed by atoms with van der Waals surface area (Å²) in [5.74, 6) is -0.706. The fraction of sp³-hybridized carbons (Fsp3) is 0.125. The molecule has 0 spiro atoms. The molecule has 0 aliphatic carbocycles. The number of aromatic nitrogens is 3. The van der Waals surface area contributed by atoms with Gasteiger partial charge in [0.05, 0.1) is 10.5 Å². The molecule has 9 heteroatoms. The number of nitrogens with zero attached hydrogens (tertiary/aromatic N) is 2. The number of H-pyrrole nitrogens is 1. The Bertz CT molecular complexity index is 878. The van der Waals surface area contributed by atoms with E-state index in [1.54, 1.807) is 30.3 Å². The van der Waals surface area contributed by atoms with Gasteiger partial charge in [-0.05, 0) is 29.8 Å². The monoisotopic (exact) mass is 368 g/mol. The molecule has 0 atom stereocenters. The van der Waals surface area contributed by atoms with E-state index in [1.807, 2.05) is 0 Å². The van der Waals surface area contributed by atoms with Gasteiger partial charge < -0.3 is 5.73 Å². The van der Waals surface area contributed by atoms with Crippen molar-refractivity contribution in [3.8, 4) is 0 Å². The molecule has 0 saturated carbocycles. The molecule has 0 unspecified atom stereocenters. The van der Waals surface area contributed by atoms with Gasteiger partial charge in [0.2, 0.25) is 5.95 Å². The molecule has 0 bridgehead atoms. The summed E-state index contributed by atoms with van der Waals surface area (Å²) in [5.41, 5.74) is 4.46. The number of anilines is 1. The van der Waals surface area contributed by atoms with Crippen molar-refractivity contribution in [3.05, 3.63) is 65.2 Å². The first-order valence-electron chi connectivity index (χ1n) is 7.12. The van der Waals surface area contributed by atoms with E-state index in [1.165, 1.54) is 0 Å². The summed E-state index contributed by atoms with van der Waals surface area (Å²) in [4.78, 5) is 3.88. The molecule has 1 heterocycles. The number of nitrogen functional groups attached to an aromatic ring is 1. The zero-order chi connectivity index (χ0) is 18.0. The SMILES string of the molecule is Nc1n[nH]c(Cc2cc(F)c(Sc3ccccc3)c(C(F)(F)F)c2)n1. The summed E-state index contributed by atoms with van der Waals surface area (Å²) < 4.78 is 54.7. The van der Waals surface area contributed by atoms with Crippen molar-refractivity contribution in [2.24, 2.45) is 0 Å². The van der Waals surface area contributed by atoms with E-state index in [9.17, 15) is 17.6 Å². The van der Waals surface area contributed by atoms with Gasteiger partial charge in [-0.2, -0.15) is 18.2 Å². The van der Waals surface area contributed by atoms with Gasteiger partial charge in [0.25, 0.3) is 0 Å². The molecule has 0 aliphatic rings. The minimum atomic E-state index is -4.69. The number of alkyl halides is 3. The molecule has 3 aromatic rings. The molecule has 3 rings (SSSR count). The van der Waals surface area contributed by atoms with Gasteiger partial charge in [-0.3, -0.25) is 5.10 Å². The van der Waals surface area contributed by atoms with E-state index in [0.29, 0.717) is 4.90 Å². The van der Waals surface area contributed by atoms with Gasteiger partial charge in [0.15, 0.2) is 0 Å². The maximum absolute atomic E-state index is 14.4. The molecule has 130 valence electrons. The summed E-state index contributed by atoms with van der Waals surface area (Å²) in [6, 6.07) is 10.3. The third-order valence-corrected chi connectivity index (χ3v) is 4.42.